The van der Waals surface area contributed by atoms with Crippen LogP contribution in [0.15, 0.2) is 46.8 Å². The molecule has 2 N–H and O–H groups in total. The molecule has 3 rings (SSSR count). The van der Waals surface area contributed by atoms with Crippen molar-refractivity contribution in [2.75, 3.05) is 51.3 Å². The molecule has 1 amide bonds. The van der Waals surface area contributed by atoms with Crippen LogP contribution in [-0.2, 0) is 11.3 Å². The standard InChI is InChI=1S/C21H29N5O2S.HI/c1-3-23-19(27)16-28-18-7-4-6-17(14-18)15-24-21(22-2)26-11-9-25(10-12-26)20-8-5-13-29-20;/h4-8,13-14H,3,9-12,15-16H2,1-2H3,(H,22,24)(H,23,27);1H. The number of benzene rings is 1. The molecule has 1 aliphatic heterocycles. The van der Waals surface area contributed by atoms with Gasteiger partial charge in [0.1, 0.15) is 5.75 Å². The molecule has 1 saturated heterocycles. The summed E-state index contributed by atoms with van der Waals surface area (Å²) in [7, 11) is 1.82. The molecule has 2 heterocycles. The number of guanidine groups is 1. The lowest BCUT2D eigenvalue weighted by atomic mass is 10.2. The number of nitrogens with one attached hydrogen (secondary N) is 2. The van der Waals surface area contributed by atoms with E-state index in [4.69, 9.17) is 4.74 Å². The Morgan fingerprint density at radius 2 is 1.97 bits per heavy atom. The van der Waals surface area contributed by atoms with Crippen LogP contribution in [0.25, 0.3) is 0 Å². The Hall–Kier alpha value is -2.01. The lowest BCUT2D eigenvalue weighted by Gasteiger charge is -2.37. The number of rotatable bonds is 7. The molecule has 1 aromatic heterocycles. The average molecular weight is 543 g/mol. The van der Waals surface area contributed by atoms with Crippen molar-refractivity contribution in [3.8, 4) is 5.75 Å². The number of piperazine rings is 1. The highest BCUT2D eigenvalue weighted by Gasteiger charge is 2.20. The predicted octanol–water partition coefficient (Wildman–Crippen LogP) is 2.78. The van der Waals surface area contributed by atoms with E-state index in [1.807, 2.05) is 38.2 Å². The van der Waals surface area contributed by atoms with Crippen LogP contribution in [0.2, 0.25) is 0 Å². The zero-order valence-electron chi connectivity index (χ0n) is 17.5. The van der Waals surface area contributed by atoms with Crippen LogP contribution in [0.4, 0.5) is 5.00 Å². The molecular weight excluding hydrogens is 513 g/mol. The number of likely N-dealkylation sites (N-methyl/N-ethyl adjacent to an activating group) is 1. The number of hydrogen-bond donors (Lipinski definition) is 2. The second-order valence-electron chi connectivity index (χ2n) is 6.72. The lowest BCUT2D eigenvalue weighted by Crippen LogP contribution is -2.52. The average Bonchev–Trinajstić information content (AvgIpc) is 3.29. The van der Waals surface area contributed by atoms with E-state index in [2.05, 4.69) is 42.9 Å². The van der Waals surface area contributed by atoms with Crippen LogP contribution in [-0.4, -0.2) is 63.1 Å². The van der Waals surface area contributed by atoms with Gasteiger partial charge in [0.25, 0.3) is 5.91 Å². The van der Waals surface area contributed by atoms with Crippen LogP contribution in [0.5, 0.6) is 5.75 Å². The summed E-state index contributed by atoms with van der Waals surface area (Å²) in [5, 5.41) is 9.62. The number of aliphatic imine (C=N–C) groups is 1. The quantitative estimate of drug-likeness (QED) is 0.320. The van der Waals surface area contributed by atoms with Crippen LogP contribution in [0, 0.1) is 0 Å². The van der Waals surface area contributed by atoms with Crippen LogP contribution < -0.4 is 20.3 Å². The van der Waals surface area contributed by atoms with E-state index in [1.54, 1.807) is 11.3 Å². The van der Waals surface area contributed by atoms with Crippen molar-refractivity contribution in [2.24, 2.45) is 4.99 Å². The zero-order valence-corrected chi connectivity index (χ0v) is 20.6. The third-order valence-corrected chi connectivity index (χ3v) is 5.63. The van der Waals surface area contributed by atoms with Gasteiger partial charge in [-0.05, 0) is 42.1 Å². The normalized spacial score (nSPS) is 14.1. The van der Waals surface area contributed by atoms with Gasteiger partial charge in [0.05, 0.1) is 5.00 Å². The molecular formula is C21H30IN5O2S. The molecule has 0 aliphatic carbocycles. The van der Waals surface area contributed by atoms with E-state index in [1.165, 1.54) is 5.00 Å². The Morgan fingerprint density at radius 1 is 1.17 bits per heavy atom. The molecule has 0 bridgehead atoms. The van der Waals surface area contributed by atoms with Gasteiger partial charge in [0.15, 0.2) is 12.6 Å². The number of anilines is 1. The predicted molar refractivity (Wildman–Crippen MR) is 134 cm³/mol. The Labute approximate surface area is 199 Å². The van der Waals surface area contributed by atoms with Gasteiger partial charge in [0.2, 0.25) is 0 Å². The van der Waals surface area contributed by atoms with Crippen molar-refractivity contribution in [1.82, 2.24) is 15.5 Å². The van der Waals surface area contributed by atoms with Crippen molar-refractivity contribution in [3.63, 3.8) is 0 Å². The van der Waals surface area contributed by atoms with E-state index in [0.29, 0.717) is 18.8 Å². The number of amides is 1. The summed E-state index contributed by atoms with van der Waals surface area (Å²) in [6, 6.07) is 12.1. The zero-order chi connectivity index (χ0) is 20.5. The number of halogens is 1. The summed E-state index contributed by atoms with van der Waals surface area (Å²) in [6.07, 6.45) is 0. The number of ether oxygens (including phenoxy) is 1. The number of carbonyl (C=O) groups is 1. The largest absolute Gasteiger partial charge is 0.484 e. The van der Waals surface area contributed by atoms with E-state index in [-0.39, 0.29) is 36.5 Å². The first kappa shape index (κ1) is 24.3. The third kappa shape index (κ3) is 7.05. The Bertz CT molecular complexity index is 807. The minimum atomic E-state index is -0.113. The molecule has 164 valence electrons. The van der Waals surface area contributed by atoms with Crippen LogP contribution in [0.3, 0.4) is 0 Å². The minimum absolute atomic E-state index is 0. The Kier molecular flexibility index (Phi) is 10.2. The molecule has 0 atom stereocenters. The Morgan fingerprint density at radius 3 is 2.63 bits per heavy atom. The van der Waals surface area contributed by atoms with E-state index in [0.717, 1.165) is 37.7 Å². The number of thiophene rings is 1. The molecule has 2 aromatic rings. The van der Waals surface area contributed by atoms with Crippen LogP contribution in [0.1, 0.15) is 12.5 Å². The topological polar surface area (TPSA) is 69.2 Å². The first-order chi connectivity index (χ1) is 14.2. The van der Waals surface area contributed by atoms with E-state index >= 15 is 0 Å². The van der Waals surface area contributed by atoms with Crippen molar-refractivity contribution in [1.29, 1.82) is 0 Å². The van der Waals surface area contributed by atoms with Gasteiger partial charge >= 0.3 is 0 Å². The lowest BCUT2D eigenvalue weighted by molar-refractivity contribution is -0.122. The van der Waals surface area contributed by atoms with Crippen LogP contribution >= 0.6 is 35.3 Å². The maximum Gasteiger partial charge on any atom is 0.257 e. The fourth-order valence-corrected chi connectivity index (χ4v) is 4.03. The van der Waals surface area contributed by atoms with Gasteiger partial charge < -0.3 is 25.2 Å². The summed E-state index contributed by atoms with van der Waals surface area (Å²) in [6.45, 7) is 7.03. The summed E-state index contributed by atoms with van der Waals surface area (Å²) in [5.74, 6) is 1.48. The van der Waals surface area contributed by atoms with Gasteiger partial charge in [-0.1, -0.05) is 12.1 Å². The Balaban J connectivity index is 0.00000320. The van der Waals surface area contributed by atoms with Crippen molar-refractivity contribution < 1.29 is 9.53 Å². The maximum atomic E-state index is 11.6. The molecule has 0 saturated carbocycles. The minimum Gasteiger partial charge on any atom is -0.484 e. The first-order valence-electron chi connectivity index (χ1n) is 9.92. The molecule has 0 radical (unpaired) electrons. The number of nitrogens with zero attached hydrogens (tertiary/aromatic N) is 3. The summed E-state index contributed by atoms with van der Waals surface area (Å²) in [4.78, 5) is 20.7. The van der Waals surface area contributed by atoms with E-state index in [9.17, 15) is 4.79 Å². The molecule has 1 aliphatic rings. The fraction of sp³-hybridized carbons (Fsp3) is 0.429. The first-order valence-corrected chi connectivity index (χ1v) is 10.8. The summed E-state index contributed by atoms with van der Waals surface area (Å²) < 4.78 is 5.57. The van der Waals surface area contributed by atoms with Gasteiger partial charge in [-0.15, -0.1) is 35.3 Å². The monoisotopic (exact) mass is 543 g/mol. The van der Waals surface area contributed by atoms with Gasteiger partial charge in [-0.3, -0.25) is 9.79 Å². The van der Waals surface area contributed by atoms with Crippen molar-refractivity contribution in [3.05, 3.63) is 47.3 Å². The third-order valence-electron chi connectivity index (χ3n) is 4.70. The number of hydrogen-bond acceptors (Lipinski definition) is 5. The van der Waals surface area contributed by atoms with E-state index < -0.39 is 0 Å². The highest BCUT2D eigenvalue weighted by Crippen LogP contribution is 2.22. The highest BCUT2D eigenvalue weighted by molar-refractivity contribution is 14.0. The summed E-state index contributed by atoms with van der Waals surface area (Å²) in [5.41, 5.74) is 1.08. The van der Waals surface area contributed by atoms with Crippen molar-refractivity contribution in [2.45, 2.75) is 13.5 Å². The van der Waals surface area contributed by atoms with Gasteiger partial charge in [0, 0.05) is 46.3 Å². The molecule has 1 aromatic carbocycles. The molecule has 0 unspecified atom stereocenters. The molecule has 1 fully saturated rings. The van der Waals surface area contributed by atoms with Gasteiger partial charge in [-0.2, -0.15) is 0 Å². The second kappa shape index (κ2) is 12.6. The van der Waals surface area contributed by atoms with Gasteiger partial charge in [-0.25, -0.2) is 0 Å². The maximum absolute atomic E-state index is 11.6. The van der Waals surface area contributed by atoms with Crippen molar-refractivity contribution >= 4 is 52.2 Å². The second-order valence-corrected chi connectivity index (χ2v) is 7.64. The molecule has 9 heteroatoms. The SMILES string of the molecule is CCNC(=O)COc1cccc(CNC(=NC)N2CCN(c3cccs3)CC2)c1.I. The number of carbonyl (C=O) groups excluding carboxylic acids is 1. The summed E-state index contributed by atoms with van der Waals surface area (Å²) >= 11 is 1.79. The molecule has 30 heavy (non-hydrogen) atoms. The molecule has 7 nitrogen and oxygen atoms in total. The smallest absolute Gasteiger partial charge is 0.257 e. The molecule has 0 spiro atoms. The highest BCUT2D eigenvalue weighted by atomic mass is 127. The fourth-order valence-electron chi connectivity index (χ4n) is 3.24.